The van der Waals surface area contributed by atoms with Gasteiger partial charge in [0.1, 0.15) is 11.9 Å². The number of hydrogen-bond acceptors (Lipinski definition) is 5. The van der Waals surface area contributed by atoms with E-state index in [0.29, 0.717) is 18.3 Å². The molecule has 4 saturated carbocycles. The normalized spacial score (nSPS) is 45.3. The van der Waals surface area contributed by atoms with Crippen molar-refractivity contribution in [3.8, 4) is 5.75 Å². The number of benzene rings is 1. The van der Waals surface area contributed by atoms with E-state index in [1.165, 1.54) is 11.6 Å². The van der Waals surface area contributed by atoms with Crippen LogP contribution in [-0.2, 0) is 14.3 Å². The highest BCUT2D eigenvalue weighted by Gasteiger charge is 2.69. The molecule has 5 aliphatic carbocycles. The SMILES string of the molecule is C[C@@H]1[C@H]2C3=CC[C@@H]4[C@@]5(C)C[C@@H](O)[C@H](OC(=O)/C=C/c6ccc(O)cc6)C(C)(C)[C@@H]5CC[C@@]4(C)[C@]3(C)CC[C@@]2(C)CC[C@H]1C(=O)O. The summed E-state index contributed by atoms with van der Waals surface area (Å²) in [5, 5.41) is 31.4. The second kappa shape index (κ2) is 10.7. The molecule has 0 aliphatic heterocycles. The van der Waals surface area contributed by atoms with Crippen molar-refractivity contribution >= 4 is 18.0 Å². The molecule has 246 valence electrons. The molecule has 0 spiro atoms. The Morgan fingerprint density at radius 3 is 2.29 bits per heavy atom. The molecule has 3 N–H and O–H groups in total. The lowest BCUT2D eigenvalue weighted by Gasteiger charge is -2.71. The van der Waals surface area contributed by atoms with Crippen LogP contribution in [0.15, 0.2) is 42.0 Å². The van der Waals surface area contributed by atoms with E-state index in [1.807, 2.05) is 0 Å². The quantitative estimate of drug-likeness (QED) is 0.179. The van der Waals surface area contributed by atoms with Crippen molar-refractivity contribution in [2.45, 2.75) is 112 Å². The summed E-state index contributed by atoms with van der Waals surface area (Å²) in [7, 11) is 0. The minimum absolute atomic E-state index is 0.0137. The number of ether oxygens (including phenoxy) is 1. The van der Waals surface area contributed by atoms with Gasteiger partial charge in [-0.15, -0.1) is 0 Å². The van der Waals surface area contributed by atoms with Crippen LogP contribution in [0.5, 0.6) is 5.75 Å². The third-order valence-corrected chi connectivity index (χ3v) is 14.7. The van der Waals surface area contributed by atoms with Gasteiger partial charge in [0.05, 0.1) is 12.0 Å². The largest absolute Gasteiger partial charge is 0.508 e. The lowest BCUT2D eigenvalue weighted by molar-refractivity contribution is -0.238. The van der Waals surface area contributed by atoms with E-state index in [1.54, 1.807) is 30.3 Å². The van der Waals surface area contributed by atoms with Gasteiger partial charge >= 0.3 is 11.9 Å². The Morgan fingerprint density at radius 1 is 0.933 bits per heavy atom. The molecule has 6 nitrogen and oxygen atoms in total. The van der Waals surface area contributed by atoms with Gasteiger partial charge in [-0.3, -0.25) is 4.79 Å². The summed E-state index contributed by atoms with van der Waals surface area (Å²) in [5.41, 5.74) is 1.93. The van der Waals surface area contributed by atoms with Crippen LogP contribution in [0.3, 0.4) is 0 Å². The predicted molar refractivity (Wildman–Crippen MR) is 175 cm³/mol. The minimum Gasteiger partial charge on any atom is -0.508 e. The monoisotopic (exact) mass is 618 g/mol. The van der Waals surface area contributed by atoms with Gasteiger partial charge in [-0.1, -0.05) is 72.2 Å². The van der Waals surface area contributed by atoms with E-state index in [9.17, 15) is 24.9 Å². The van der Waals surface area contributed by atoms with Crippen LogP contribution in [0.2, 0.25) is 0 Å². The Kier molecular flexibility index (Phi) is 7.70. The molecular weight excluding hydrogens is 564 g/mol. The summed E-state index contributed by atoms with van der Waals surface area (Å²) >= 11 is 0. The molecule has 0 radical (unpaired) electrons. The van der Waals surface area contributed by atoms with Crippen molar-refractivity contribution in [1.29, 1.82) is 0 Å². The molecule has 11 atom stereocenters. The van der Waals surface area contributed by atoms with Crippen LogP contribution >= 0.6 is 0 Å². The third kappa shape index (κ3) is 4.74. The Hall–Kier alpha value is -2.60. The lowest BCUT2D eigenvalue weighted by Crippen LogP contribution is -2.67. The first-order valence-corrected chi connectivity index (χ1v) is 17.3. The molecule has 6 heteroatoms. The van der Waals surface area contributed by atoms with E-state index in [0.717, 1.165) is 50.5 Å². The number of carbonyl (C=O) groups is 2. The first kappa shape index (κ1) is 32.3. The van der Waals surface area contributed by atoms with E-state index >= 15 is 0 Å². The highest BCUT2D eigenvalue weighted by Crippen LogP contribution is 2.75. The molecule has 1 aromatic rings. The fraction of sp³-hybridized carbons (Fsp3) is 0.692. The van der Waals surface area contributed by atoms with Crippen LogP contribution in [0, 0.1) is 56.7 Å². The summed E-state index contributed by atoms with van der Waals surface area (Å²) in [4.78, 5) is 25.3. The molecule has 45 heavy (non-hydrogen) atoms. The molecule has 0 aromatic heterocycles. The molecule has 0 amide bonds. The molecule has 6 rings (SSSR count). The molecule has 0 saturated heterocycles. The van der Waals surface area contributed by atoms with Crippen LogP contribution in [0.25, 0.3) is 6.08 Å². The first-order valence-electron chi connectivity index (χ1n) is 17.3. The summed E-state index contributed by atoms with van der Waals surface area (Å²) in [6, 6.07) is 6.63. The number of carboxylic acid groups (broad SMARTS) is 1. The maximum Gasteiger partial charge on any atom is 0.331 e. The Morgan fingerprint density at radius 2 is 1.62 bits per heavy atom. The van der Waals surface area contributed by atoms with Gasteiger partial charge in [0, 0.05) is 11.5 Å². The number of fused-ring (bicyclic) bond motifs is 7. The molecule has 0 heterocycles. The number of esters is 1. The predicted octanol–water partition coefficient (Wildman–Crippen LogP) is 8.03. The number of aliphatic hydroxyl groups excluding tert-OH is 1. The highest BCUT2D eigenvalue weighted by molar-refractivity contribution is 5.87. The van der Waals surface area contributed by atoms with Crippen LogP contribution < -0.4 is 0 Å². The average Bonchev–Trinajstić information content (AvgIpc) is 2.95. The summed E-state index contributed by atoms with van der Waals surface area (Å²) < 4.78 is 6.05. The fourth-order valence-electron chi connectivity index (χ4n) is 12.3. The number of allylic oxidation sites excluding steroid dienone is 2. The standard InChI is InChI=1S/C39H54O6/c1-23-26(34(43)44)16-18-36(4)20-21-38(6)27(32(23)36)13-14-30-37(5)22-28(41)33(35(2,3)29(37)17-19-39(30,38)7)45-31(42)15-10-24-8-11-25(40)12-9-24/h8-13,15,23,26,28-30,32-33,40-41H,14,16-22H2,1-7H3,(H,43,44)/b15-10+/t23-,26+,28+,29-,30+,32-,33-,36+,37-,38+,39+/m0/s1. The van der Waals surface area contributed by atoms with E-state index in [4.69, 9.17) is 4.74 Å². The number of phenolic OH excluding ortho intramolecular Hbond substituents is 1. The smallest absolute Gasteiger partial charge is 0.331 e. The molecular formula is C39H54O6. The number of aliphatic carboxylic acids is 1. The number of aliphatic hydroxyl groups is 1. The number of rotatable bonds is 4. The molecule has 0 unspecified atom stereocenters. The van der Waals surface area contributed by atoms with Crippen LogP contribution in [0.4, 0.5) is 0 Å². The van der Waals surface area contributed by atoms with Crippen LogP contribution in [0.1, 0.15) is 105 Å². The van der Waals surface area contributed by atoms with Crippen molar-refractivity contribution in [3.05, 3.63) is 47.6 Å². The lowest BCUT2D eigenvalue weighted by atomic mass is 9.33. The third-order valence-electron chi connectivity index (χ3n) is 14.7. The van der Waals surface area contributed by atoms with Crippen molar-refractivity contribution in [2.24, 2.45) is 56.7 Å². The fourth-order valence-corrected chi connectivity index (χ4v) is 12.3. The maximum atomic E-state index is 13.0. The average molecular weight is 619 g/mol. The van der Waals surface area contributed by atoms with E-state index in [-0.39, 0.29) is 45.2 Å². The Balaban J connectivity index is 1.28. The molecule has 1 aromatic carbocycles. The van der Waals surface area contributed by atoms with E-state index < -0.39 is 29.6 Å². The number of aromatic hydroxyl groups is 1. The van der Waals surface area contributed by atoms with Gasteiger partial charge in [-0.25, -0.2) is 4.79 Å². The maximum absolute atomic E-state index is 13.0. The second-order valence-corrected chi connectivity index (χ2v) is 17.1. The van der Waals surface area contributed by atoms with Gasteiger partial charge < -0.3 is 20.1 Å². The first-order chi connectivity index (χ1) is 21.0. The summed E-state index contributed by atoms with van der Waals surface area (Å²) in [5.74, 6) is -0.156. The van der Waals surface area contributed by atoms with Gasteiger partial charge in [0.25, 0.3) is 0 Å². The van der Waals surface area contributed by atoms with Crippen LogP contribution in [-0.4, -0.2) is 39.5 Å². The van der Waals surface area contributed by atoms with Crippen molar-refractivity contribution in [1.82, 2.24) is 0 Å². The highest BCUT2D eigenvalue weighted by atomic mass is 16.6. The minimum atomic E-state index is -0.767. The Bertz CT molecular complexity index is 1410. The van der Waals surface area contributed by atoms with Crippen molar-refractivity contribution in [3.63, 3.8) is 0 Å². The zero-order chi connectivity index (χ0) is 32.7. The van der Waals surface area contributed by atoms with Crippen molar-refractivity contribution in [2.75, 3.05) is 0 Å². The number of hydrogen-bond donors (Lipinski definition) is 3. The zero-order valence-electron chi connectivity index (χ0n) is 28.3. The van der Waals surface area contributed by atoms with Gasteiger partial charge in [0.15, 0.2) is 0 Å². The number of carbonyl (C=O) groups excluding carboxylic acids is 1. The molecule has 0 bridgehead atoms. The van der Waals surface area contributed by atoms with Gasteiger partial charge in [0.2, 0.25) is 0 Å². The van der Waals surface area contributed by atoms with Crippen molar-refractivity contribution < 1.29 is 29.6 Å². The topological polar surface area (TPSA) is 104 Å². The zero-order valence-corrected chi connectivity index (χ0v) is 28.3. The molecule has 5 aliphatic rings. The number of carboxylic acids is 1. The van der Waals surface area contributed by atoms with Gasteiger partial charge in [-0.05, 0) is 120 Å². The second-order valence-electron chi connectivity index (χ2n) is 17.1. The number of phenols is 1. The Labute approximate surface area is 269 Å². The summed E-state index contributed by atoms with van der Waals surface area (Å²) in [6.45, 7) is 16.4. The summed E-state index contributed by atoms with van der Waals surface area (Å²) in [6.07, 6.45) is 11.9. The van der Waals surface area contributed by atoms with Gasteiger partial charge in [-0.2, -0.15) is 0 Å². The molecule has 4 fully saturated rings. The van der Waals surface area contributed by atoms with E-state index in [2.05, 4.69) is 54.5 Å².